The Balaban J connectivity index is 2.19. The van der Waals surface area contributed by atoms with Crippen LogP contribution < -0.4 is 14.8 Å². The van der Waals surface area contributed by atoms with Crippen molar-refractivity contribution in [3.05, 3.63) is 23.3 Å². The molecule has 2 unspecified atom stereocenters. The fourth-order valence-corrected chi connectivity index (χ4v) is 3.39. The van der Waals surface area contributed by atoms with Gasteiger partial charge in [0.05, 0.1) is 14.2 Å². The summed E-state index contributed by atoms with van der Waals surface area (Å²) in [6.07, 6.45) is 2.43. The van der Waals surface area contributed by atoms with Crippen molar-refractivity contribution in [2.24, 2.45) is 11.8 Å². The molecule has 4 heteroatoms. The van der Waals surface area contributed by atoms with Crippen molar-refractivity contribution >= 4 is 5.78 Å². The second-order valence-electron chi connectivity index (χ2n) is 6.86. The number of ketones is 1. The first-order chi connectivity index (χ1) is 11.0. The molecule has 2 atom stereocenters. The van der Waals surface area contributed by atoms with Gasteiger partial charge >= 0.3 is 0 Å². The number of rotatable bonds is 7. The number of hydrogen-bond donors (Lipinski definition) is 1. The maximum Gasteiger partial charge on any atom is 0.161 e. The van der Waals surface area contributed by atoms with E-state index >= 15 is 0 Å². The zero-order chi connectivity index (χ0) is 17.0. The summed E-state index contributed by atoms with van der Waals surface area (Å²) in [5.74, 6) is 2.47. The molecule has 1 aliphatic rings. The molecule has 0 spiro atoms. The molecular formula is C19H29NO3. The predicted molar refractivity (Wildman–Crippen MR) is 92.2 cm³/mol. The highest BCUT2D eigenvalue weighted by Gasteiger charge is 2.26. The Morgan fingerprint density at radius 1 is 1.22 bits per heavy atom. The summed E-state index contributed by atoms with van der Waals surface area (Å²) in [5, 5.41) is 3.49. The van der Waals surface area contributed by atoms with E-state index in [4.69, 9.17) is 9.47 Å². The quantitative estimate of drug-likeness (QED) is 0.835. The van der Waals surface area contributed by atoms with E-state index in [2.05, 4.69) is 19.2 Å². The minimum Gasteiger partial charge on any atom is -0.493 e. The Bertz CT molecular complexity index is 554. The van der Waals surface area contributed by atoms with E-state index in [0.717, 1.165) is 30.9 Å². The summed E-state index contributed by atoms with van der Waals surface area (Å²) >= 11 is 0. The number of ether oxygens (including phenoxy) is 2. The molecule has 0 radical (unpaired) electrons. The van der Waals surface area contributed by atoms with Crippen LogP contribution in [0.3, 0.4) is 0 Å². The lowest BCUT2D eigenvalue weighted by Gasteiger charge is -2.28. The molecule has 128 valence electrons. The number of benzene rings is 1. The number of nitrogens with one attached hydrogen (secondary N) is 1. The molecule has 2 rings (SSSR count). The van der Waals surface area contributed by atoms with Crippen molar-refractivity contribution in [1.82, 2.24) is 5.32 Å². The number of Topliss-reactive ketones (excluding diaryl/α,β-unsaturated/α-hetero) is 1. The monoisotopic (exact) mass is 319 g/mol. The first-order valence-corrected chi connectivity index (χ1v) is 8.47. The van der Waals surface area contributed by atoms with Crippen LogP contribution in [0.1, 0.15) is 50.8 Å². The Labute approximate surface area is 139 Å². The minimum absolute atomic E-state index is 0.0701. The maximum atomic E-state index is 12.5. The molecule has 0 aromatic heterocycles. The van der Waals surface area contributed by atoms with Gasteiger partial charge in [0, 0.05) is 18.4 Å². The summed E-state index contributed by atoms with van der Waals surface area (Å²) in [7, 11) is 3.30. The molecule has 1 aliphatic heterocycles. The molecule has 1 N–H and O–H groups in total. The normalized spacial score (nSPS) is 18.4. The van der Waals surface area contributed by atoms with E-state index in [9.17, 15) is 4.79 Å². The molecule has 1 aromatic rings. The Hall–Kier alpha value is -1.55. The van der Waals surface area contributed by atoms with Crippen LogP contribution in [0.25, 0.3) is 0 Å². The number of carbonyl (C=O) groups is 1. The summed E-state index contributed by atoms with van der Waals surface area (Å²) in [4.78, 5) is 12.5. The molecule has 1 heterocycles. The molecule has 0 saturated carbocycles. The topological polar surface area (TPSA) is 47.6 Å². The summed E-state index contributed by atoms with van der Waals surface area (Å²) in [6.45, 7) is 7.25. The van der Waals surface area contributed by atoms with Crippen LogP contribution in [0, 0.1) is 11.8 Å². The molecule has 0 fully saturated rings. The lowest BCUT2D eigenvalue weighted by atomic mass is 9.86. The van der Waals surface area contributed by atoms with E-state index in [1.54, 1.807) is 14.2 Å². The lowest BCUT2D eigenvalue weighted by Crippen LogP contribution is -2.32. The van der Waals surface area contributed by atoms with Gasteiger partial charge in [-0.15, -0.1) is 0 Å². The molecule has 1 aromatic carbocycles. The number of fused-ring (bicyclic) bond motifs is 1. The minimum atomic E-state index is 0.0701. The molecule has 0 aliphatic carbocycles. The highest BCUT2D eigenvalue weighted by atomic mass is 16.5. The van der Waals surface area contributed by atoms with Gasteiger partial charge in [-0.05, 0) is 48.6 Å². The van der Waals surface area contributed by atoms with Gasteiger partial charge in [-0.1, -0.05) is 20.8 Å². The number of hydrogen-bond acceptors (Lipinski definition) is 4. The average molecular weight is 319 g/mol. The van der Waals surface area contributed by atoms with Gasteiger partial charge < -0.3 is 14.8 Å². The molecule has 0 bridgehead atoms. The Morgan fingerprint density at radius 2 is 1.87 bits per heavy atom. The first kappa shape index (κ1) is 17.8. The summed E-state index contributed by atoms with van der Waals surface area (Å²) in [6, 6.07) is 4.13. The highest BCUT2D eigenvalue weighted by Crippen LogP contribution is 2.36. The van der Waals surface area contributed by atoms with E-state index in [0.29, 0.717) is 18.1 Å². The zero-order valence-corrected chi connectivity index (χ0v) is 14.9. The van der Waals surface area contributed by atoms with E-state index in [-0.39, 0.29) is 12.0 Å². The second kappa shape index (κ2) is 7.82. The smallest absolute Gasteiger partial charge is 0.161 e. The lowest BCUT2D eigenvalue weighted by molar-refractivity contribution is -0.123. The molecule has 0 amide bonds. The largest absolute Gasteiger partial charge is 0.493 e. The third-order valence-corrected chi connectivity index (χ3v) is 4.59. The number of methoxy groups -OCH3 is 2. The average Bonchev–Trinajstić information content (AvgIpc) is 2.53. The zero-order valence-electron chi connectivity index (χ0n) is 14.9. The van der Waals surface area contributed by atoms with E-state index in [1.165, 1.54) is 11.1 Å². The highest BCUT2D eigenvalue weighted by molar-refractivity contribution is 5.81. The van der Waals surface area contributed by atoms with E-state index < -0.39 is 0 Å². The Morgan fingerprint density at radius 3 is 2.48 bits per heavy atom. The van der Waals surface area contributed by atoms with Crippen LogP contribution in [0.5, 0.6) is 11.5 Å². The van der Waals surface area contributed by atoms with Crippen molar-refractivity contribution in [1.29, 1.82) is 0 Å². The van der Waals surface area contributed by atoms with Crippen LogP contribution in [0.2, 0.25) is 0 Å². The van der Waals surface area contributed by atoms with Crippen LogP contribution in [0.15, 0.2) is 12.1 Å². The van der Waals surface area contributed by atoms with Crippen LogP contribution in [-0.2, 0) is 11.2 Å². The first-order valence-electron chi connectivity index (χ1n) is 8.47. The van der Waals surface area contributed by atoms with Gasteiger partial charge in [-0.2, -0.15) is 0 Å². The van der Waals surface area contributed by atoms with Gasteiger partial charge in [0.2, 0.25) is 0 Å². The van der Waals surface area contributed by atoms with Crippen LogP contribution in [-0.4, -0.2) is 26.5 Å². The third kappa shape index (κ3) is 4.25. The molecular weight excluding hydrogens is 290 g/mol. The Kier molecular flexibility index (Phi) is 6.05. The van der Waals surface area contributed by atoms with Gasteiger partial charge in [0.25, 0.3) is 0 Å². The van der Waals surface area contributed by atoms with Gasteiger partial charge in [-0.25, -0.2) is 0 Å². The standard InChI is InChI=1S/C19H29NO3/c1-12(2)8-13(3)17(21)11-16-15-10-19(23-5)18(22-4)9-14(15)6-7-20-16/h9-10,12-13,16,20H,6-8,11H2,1-5H3. The van der Waals surface area contributed by atoms with Crippen molar-refractivity contribution in [2.75, 3.05) is 20.8 Å². The van der Waals surface area contributed by atoms with Gasteiger partial charge in [0.15, 0.2) is 11.5 Å². The van der Waals surface area contributed by atoms with Crippen molar-refractivity contribution < 1.29 is 14.3 Å². The number of carbonyl (C=O) groups excluding carboxylic acids is 1. The molecule has 4 nitrogen and oxygen atoms in total. The second-order valence-corrected chi connectivity index (χ2v) is 6.86. The van der Waals surface area contributed by atoms with Gasteiger partial charge in [0.1, 0.15) is 5.78 Å². The van der Waals surface area contributed by atoms with Gasteiger partial charge in [-0.3, -0.25) is 4.79 Å². The van der Waals surface area contributed by atoms with Crippen LogP contribution >= 0.6 is 0 Å². The SMILES string of the molecule is COc1cc2c(cc1OC)C(CC(=O)C(C)CC(C)C)NCC2. The fraction of sp³-hybridized carbons (Fsp3) is 0.632. The summed E-state index contributed by atoms with van der Waals surface area (Å²) < 4.78 is 10.8. The van der Waals surface area contributed by atoms with Crippen molar-refractivity contribution in [2.45, 2.75) is 46.1 Å². The molecule has 23 heavy (non-hydrogen) atoms. The van der Waals surface area contributed by atoms with Crippen molar-refractivity contribution in [3.8, 4) is 11.5 Å². The van der Waals surface area contributed by atoms with Crippen molar-refractivity contribution in [3.63, 3.8) is 0 Å². The third-order valence-electron chi connectivity index (χ3n) is 4.59. The van der Waals surface area contributed by atoms with E-state index in [1.807, 2.05) is 19.1 Å². The predicted octanol–water partition coefficient (Wildman–Crippen LogP) is 3.53. The fourth-order valence-electron chi connectivity index (χ4n) is 3.39. The molecule has 0 saturated heterocycles. The van der Waals surface area contributed by atoms with Crippen LogP contribution in [0.4, 0.5) is 0 Å². The maximum absolute atomic E-state index is 12.5. The summed E-state index contributed by atoms with van der Waals surface area (Å²) in [5.41, 5.74) is 2.41.